The molecule has 0 atom stereocenters. The Morgan fingerprint density at radius 2 is 1.69 bits per heavy atom. The number of nitrogens with zero attached hydrogens (tertiary/aromatic N) is 6. The van der Waals surface area contributed by atoms with Crippen molar-refractivity contribution < 1.29 is 32.1 Å². The van der Waals surface area contributed by atoms with E-state index >= 15 is 0 Å². The summed E-state index contributed by atoms with van der Waals surface area (Å²) in [5.41, 5.74) is 3.47. The fraction of sp³-hybridized carbons (Fsp3) is 0.387. The molecule has 0 radical (unpaired) electrons. The molecule has 0 spiro atoms. The molecule has 45 heavy (non-hydrogen) atoms. The zero-order chi connectivity index (χ0) is 31.6. The number of methoxy groups -OCH3 is 3. The number of benzene rings is 2. The van der Waals surface area contributed by atoms with Crippen molar-refractivity contribution in [1.29, 1.82) is 0 Å². The van der Waals surface area contributed by atoms with Crippen LogP contribution in [0.15, 0.2) is 48.9 Å². The summed E-state index contributed by atoms with van der Waals surface area (Å²) < 4.78 is 60.6. The highest BCUT2D eigenvalue weighted by molar-refractivity contribution is 5.60. The summed E-state index contributed by atoms with van der Waals surface area (Å²) >= 11 is 0. The van der Waals surface area contributed by atoms with Gasteiger partial charge in [0.25, 0.3) is 0 Å². The maximum absolute atomic E-state index is 12.8. The van der Waals surface area contributed by atoms with Crippen molar-refractivity contribution in [3.63, 3.8) is 0 Å². The molecule has 6 rings (SSSR count). The van der Waals surface area contributed by atoms with Gasteiger partial charge in [-0.3, -0.25) is 4.90 Å². The molecule has 2 aromatic carbocycles. The second-order valence-corrected chi connectivity index (χ2v) is 10.8. The average molecular weight is 626 g/mol. The van der Waals surface area contributed by atoms with Gasteiger partial charge in [0.1, 0.15) is 17.9 Å². The predicted molar refractivity (Wildman–Crippen MR) is 161 cm³/mol. The topological polar surface area (TPSA) is 99.0 Å². The Morgan fingerprint density at radius 3 is 2.38 bits per heavy atom. The first kappa shape index (κ1) is 30.3. The van der Waals surface area contributed by atoms with Crippen LogP contribution in [0.5, 0.6) is 23.0 Å². The molecular weight excluding hydrogens is 591 g/mol. The van der Waals surface area contributed by atoms with Gasteiger partial charge in [-0.2, -0.15) is 4.98 Å². The molecule has 0 bridgehead atoms. The third-order valence-electron chi connectivity index (χ3n) is 7.84. The number of alkyl halides is 3. The number of rotatable bonds is 10. The van der Waals surface area contributed by atoms with Gasteiger partial charge in [0, 0.05) is 50.4 Å². The number of fused-ring (bicyclic) bond motifs is 1. The summed E-state index contributed by atoms with van der Waals surface area (Å²) in [4.78, 5) is 18.8. The van der Waals surface area contributed by atoms with Crippen LogP contribution in [0.2, 0.25) is 0 Å². The number of imidazole rings is 1. The van der Waals surface area contributed by atoms with E-state index in [9.17, 15) is 13.2 Å². The second kappa shape index (κ2) is 12.7. The number of hydrogen-bond acceptors (Lipinski definition) is 10. The molecule has 1 N–H and O–H groups in total. The highest BCUT2D eigenvalue weighted by Crippen LogP contribution is 2.39. The van der Waals surface area contributed by atoms with Crippen molar-refractivity contribution in [3.8, 4) is 28.7 Å². The van der Waals surface area contributed by atoms with Gasteiger partial charge in [-0.25, -0.2) is 9.97 Å². The monoisotopic (exact) mass is 625 g/mol. The van der Waals surface area contributed by atoms with Crippen LogP contribution < -0.4 is 29.2 Å². The Kier molecular flexibility index (Phi) is 8.57. The van der Waals surface area contributed by atoms with Crippen molar-refractivity contribution in [2.24, 2.45) is 0 Å². The molecule has 1 saturated heterocycles. The highest BCUT2D eigenvalue weighted by Gasteiger charge is 2.31. The molecule has 14 heteroatoms. The van der Waals surface area contributed by atoms with Crippen LogP contribution in [-0.4, -0.2) is 71.7 Å². The Bertz CT molecular complexity index is 1630. The molecule has 2 aromatic heterocycles. The lowest BCUT2D eigenvalue weighted by Gasteiger charge is -2.31. The van der Waals surface area contributed by atoms with Crippen LogP contribution in [0.3, 0.4) is 0 Å². The molecule has 1 fully saturated rings. The Morgan fingerprint density at radius 1 is 0.933 bits per heavy atom. The van der Waals surface area contributed by atoms with Gasteiger partial charge < -0.3 is 33.7 Å². The van der Waals surface area contributed by atoms with Crippen molar-refractivity contribution in [2.75, 3.05) is 51.2 Å². The van der Waals surface area contributed by atoms with Gasteiger partial charge in [0.2, 0.25) is 11.7 Å². The Hall–Kier alpha value is -4.72. The molecule has 4 heterocycles. The first-order valence-corrected chi connectivity index (χ1v) is 14.6. The van der Waals surface area contributed by atoms with Crippen LogP contribution in [0, 0.1) is 0 Å². The number of halogens is 3. The third kappa shape index (κ3) is 6.85. The Balaban J connectivity index is 1.25. The zero-order valence-corrected chi connectivity index (χ0v) is 25.2. The first-order valence-electron chi connectivity index (χ1n) is 14.6. The van der Waals surface area contributed by atoms with E-state index in [1.54, 1.807) is 39.8 Å². The van der Waals surface area contributed by atoms with E-state index in [1.807, 2.05) is 22.9 Å². The summed E-state index contributed by atoms with van der Waals surface area (Å²) in [5.74, 6) is 3.20. The number of anilines is 3. The first-order chi connectivity index (χ1) is 21.7. The number of aromatic nitrogens is 4. The standard InChI is InChI=1S/C31H34F3N7O4/c1-42-25-14-21(15-26(43-2)28(25)44-3)41-18-27(35-19-41)37-30-36-24-17-39(12-9-23(24)29(38-30)40-10-4-5-11-40)16-20-7-6-8-22(13-20)45-31(32,33)34/h6-8,13-15,18-19H,4-5,9-12,16-17H2,1-3H3,(H,36,37,38). The van der Waals surface area contributed by atoms with Crippen LogP contribution in [-0.2, 0) is 19.5 Å². The van der Waals surface area contributed by atoms with Crippen LogP contribution in [0.1, 0.15) is 29.7 Å². The largest absolute Gasteiger partial charge is 0.573 e. The van der Waals surface area contributed by atoms with E-state index in [4.69, 9.17) is 24.2 Å². The fourth-order valence-corrected chi connectivity index (χ4v) is 5.80. The Labute approximate surface area is 258 Å². The quantitative estimate of drug-likeness (QED) is 0.244. The normalized spacial score (nSPS) is 15.1. The maximum atomic E-state index is 12.8. The minimum atomic E-state index is -4.74. The second-order valence-electron chi connectivity index (χ2n) is 10.8. The van der Waals surface area contributed by atoms with Crippen LogP contribution in [0.4, 0.5) is 30.8 Å². The van der Waals surface area contributed by atoms with E-state index in [0.717, 1.165) is 67.2 Å². The smallest absolute Gasteiger partial charge is 0.493 e. The number of nitrogens with one attached hydrogen (secondary N) is 1. The van der Waals surface area contributed by atoms with E-state index in [1.165, 1.54) is 12.1 Å². The minimum absolute atomic E-state index is 0.228. The number of hydrogen-bond donors (Lipinski definition) is 1. The van der Waals surface area contributed by atoms with Crippen molar-refractivity contribution >= 4 is 17.6 Å². The summed E-state index contributed by atoms with van der Waals surface area (Å²) in [5, 5.41) is 3.27. The maximum Gasteiger partial charge on any atom is 0.573 e. The van der Waals surface area contributed by atoms with E-state index < -0.39 is 6.36 Å². The number of ether oxygens (including phenoxy) is 4. The molecular formula is C31H34F3N7O4. The van der Waals surface area contributed by atoms with Crippen LogP contribution in [0.25, 0.3) is 5.69 Å². The molecule has 0 aliphatic carbocycles. The van der Waals surface area contributed by atoms with E-state index in [2.05, 4.69) is 24.8 Å². The van der Waals surface area contributed by atoms with E-state index in [0.29, 0.717) is 42.1 Å². The molecule has 0 amide bonds. The van der Waals surface area contributed by atoms with Gasteiger partial charge in [-0.05, 0) is 37.0 Å². The average Bonchev–Trinajstić information content (AvgIpc) is 3.72. The minimum Gasteiger partial charge on any atom is -0.493 e. The van der Waals surface area contributed by atoms with Crippen molar-refractivity contribution in [1.82, 2.24) is 24.4 Å². The molecule has 0 saturated carbocycles. The molecule has 4 aromatic rings. The highest BCUT2D eigenvalue weighted by atomic mass is 19.4. The summed E-state index contributed by atoms with van der Waals surface area (Å²) in [7, 11) is 4.68. The van der Waals surface area contributed by atoms with Gasteiger partial charge in [0.15, 0.2) is 17.3 Å². The zero-order valence-electron chi connectivity index (χ0n) is 25.2. The summed E-state index contributed by atoms with van der Waals surface area (Å²) in [6.07, 6.45) is 1.68. The van der Waals surface area contributed by atoms with Crippen molar-refractivity contribution in [2.45, 2.75) is 38.7 Å². The molecule has 11 nitrogen and oxygen atoms in total. The van der Waals surface area contributed by atoms with E-state index in [-0.39, 0.29) is 5.75 Å². The summed E-state index contributed by atoms with van der Waals surface area (Å²) in [6, 6.07) is 9.75. The van der Waals surface area contributed by atoms with Gasteiger partial charge in [-0.1, -0.05) is 12.1 Å². The van der Waals surface area contributed by atoms with Crippen molar-refractivity contribution in [3.05, 3.63) is 65.7 Å². The lowest BCUT2D eigenvalue weighted by Crippen LogP contribution is -2.33. The van der Waals surface area contributed by atoms with Gasteiger partial charge in [0.05, 0.1) is 38.9 Å². The van der Waals surface area contributed by atoms with Crippen LogP contribution >= 0.6 is 0 Å². The molecule has 2 aliphatic heterocycles. The predicted octanol–water partition coefficient (Wildman–Crippen LogP) is 5.49. The molecule has 2 aliphatic rings. The van der Waals surface area contributed by atoms with Gasteiger partial charge in [-0.15, -0.1) is 13.2 Å². The summed E-state index contributed by atoms with van der Waals surface area (Å²) in [6.45, 7) is 3.56. The fourth-order valence-electron chi connectivity index (χ4n) is 5.80. The third-order valence-corrected chi connectivity index (χ3v) is 7.84. The lowest BCUT2D eigenvalue weighted by atomic mass is 10.0. The molecule has 0 unspecified atom stereocenters. The lowest BCUT2D eigenvalue weighted by molar-refractivity contribution is -0.274. The van der Waals surface area contributed by atoms with Gasteiger partial charge >= 0.3 is 6.36 Å². The SMILES string of the molecule is COc1cc(-n2cnc(Nc3nc4c(c(N5CCCC5)n3)CCN(Cc3cccc(OC(F)(F)F)c3)C4)c2)cc(OC)c1OC. The molecule has 238 valence electrons.